The first kappa shape index (κ1) is 10.6. The molecule has 0 aromatic heterocycles. The van der Waals surface area contributed by atoms with Crippen LogP contribution in [0.2, 0.25) is 0 Å². The number of likely N-dealkylation sites (tertiary alicyclic amines) is 1. The summed E-state index contributed by atoms with van der Waals surface area (Å²) >= 11 is 0. The van der Waals surface area contributed by atoms with Crippen molar-refractivity contribution in [1.29, 1.82) is 0 Å². The third kappa shape index (κ3) is 1.56. The molecule has 3 aliphatic rings. The maximum Gasteiger partial charge on any atom is 0.226 e. The standard InChI is InChI=1S/C13H21NO2/c15-8-9-4-3-7-14(9)13(16)12-10-5-1-2-6-11(10)12/h9-12,15H,1-8H2. The molecule has 3 nitrogen and oxygen atoms in total. The first-order valence-corrected chi connectivity index (χ1v) is 6.74. The van der Waals surface area contributed by atoms with Crippen molar-refractivity contribution >= 4 is 5.91 Å². The van der Waals surface area contributed by atoms with Gasteiger partial charge in [-0.2, -0.15) is 0 Å². The van der Waals surface area contributed by atoms with E-state index in [0.717, 1.165) is 19.4 Å². The third-order valence-electron chi connectivity index (χ3n) is 4.81. The van der Waals surface area contributed by atoms with E-state index in [0.29, 0.717) is 23.7 Å². The summed E-state index contributed by atoms with van der Waals surface area (Å²) in [5, 5.41) is 9.25. The molecule has 16 heavy (non-hydrogen) atoms. The van der Waals surface area contributed by atoms with Crippen molar-refractivity contribution < 1.29 is 9.90 Å². The number of carbonyl (C=O) groups excluding carboxylic acids is 1. The molecule has 1 heterocycles. The number of nitrogens with zero attached hydrogens (tertiary/aromatic N) is 1. The summed E-state index contributed by atoms with van der Waals surface area (Å²) in [6.07, 6.45) is 7.21. The minimum atomic E-state index is 0.121. The molecule has 1 N–H and O–H groups in total. The molecule has 90 valence electrons. The van der Waals surface area contributed by atoms with Gasteiger partial charge in [0.25, 0.3) is 0 Å². The van der Waals surface area contributed by atoms with Crippen LogP contribution in [0.4, 0.5) is 0 Å². The number of aliphatic hydroxyl groups is 1. The fourth-order valence-corrected chi connectivity index (χ4v) is 3.87. The molecule has 1 saturated heterocycles. The van der Waals surface area contributed by atoms with E-state index in [4.69, 9.17) is 0 Å². The van der Waals surface area contributed by atoms with Crippen LogP contribution in [0.3, 0.4) is 0 Å². The molecule has 1 amide bonds. The van der Waals surface area contributed by atoms with E-state index < -0.39 is 0 Å². The molecule has 3 atom stereocenters. The van der Waals surface area contributed by atoms with E-state index in [2.05, 4.69) is 0 Å². The summed E-state index contributed by atoms with van der Waals surface area (Å²) in [5.41, 5.74) is 0. The van der Waals surface area contributed by atoms with E-state index in [-0.39, 0.29) is 12.6 Å². The lowest BCUT2D eigenvalue weighted by atomic mass is 10.0. The SMILES string of the molecule is O=C(C1C2CCCCC21)N1CCCC1CO. The number of amides is 1. The van der Waals surface area contributed by atoms with Gasteiger partial charge >= 0.3 is 0 Å². The second-order valence-corrected chi connectivity index (χ2v) is 5.65. The second-order valence-electron chi connectivity index (χ2n) is 5.65. The van der Waals surface area contributed by atoms with Gasteiger partial charge in [-0.1, -0.05) is 12.8 Å². The van der Waals surface area contributed by atoms with Crippen LogP contribution >= 0.6 is 0 Å². The van der Waals surface area contributed by atoms with E-state index in [9.17, 15) is 9.90 Å². The Morgan fingerprint density at radius 1 is 1.12 bits per heavy atom. The zero-order valence-corrected chi connectivity index (χ0v) is 9.77. The molecule has 2 saturated carbocycles. The first-order valence-electron chi connectivity index (χ1n) is 6.74. The van der Waals surface area contributed by atoms with E-state index in [1.807, 2.05) is 4.90 Å². The van der Waals surface area contributed by atoms with Crippen molar-refractivity contribution in [3.05, 3.63) is 0 Å². The summed E-state index contributed by atoms with van der Waals surface area (Å²) in [4.78, 5) is 14.3. The van der Waals surface area contributed by atoms with Crippen LogP contribution in [0, 0.1) is 17.8 Å². The normalized spacial score (nSPS) is 41.9. The number of rotatable bonds is 2. The van der Waals surface area contributed by atoms with Crippen LogP contribution in [0.15, 0.2) is 0 Å². The van der Waals surface area contributed by atoms with Gasteiger partial charge in [0.2, 0.25) is 5.91 Å². The Hall–Kier alpha value is -0.570. The first-order chi connectivity index (χ1) is 7.83. The van der Waals surface area contributed by atoms with Crippen molar-refractivity contribution in [3.8, 4) is 0 Å². The van der Waals surface area contributed by atoms with Gasteiger partial charge in [0.1, 0.15) is 0 Å². The Kier molecular flexibility index (Phi) is 2.66. The maximum absolute atomic E-state index is 12.4. The monoisotopic (exact) mass is 223 g/mol. The Morgan fingerprint density at radius 3 is 2.44 bits per heavy atom. The van der Waals surface area contributed by atoms with Crippen LogP contribution in [0.1, 0.15) is 38.5 Å². The Balaban J connectivity index is 1.65. The average Bonchev–Trinajstić information content (AvgIpc) is 2.84. The lowest BCUT2D eigenvalue weighted by Crippen LogP contribution is -2.39. The maximum atomic E-state index is 12.4. The topological polar surface area (TPSA) is 40.5 Å². The predicted molar refractivity (Wildman–Crippen MR) is 60.8 cm³/mol. The summed E-state index contributed by atoms with van der Waals surface area (Å²) in [5.74, 6) is 2.07. The van der Waals surface area contributed by atoms with Crippen LogP contribution in [0.5, 0.6) is 0 Å². The number of aliphatic hydroxyl groups excluding tert-OH is 1. The Bertz CT molecular complexity index is 280. The van der Waals surface area contributed by atoms with E-state index >= 15 is 0 Å². The zero-order chi connectivity index (χ0) is 11.1. The van der Waals surface area contributed by atoms with Crippen LogP contribution in [-0.4, -0.2) is 35.1 Å². The summed E-state index contributed by atoms with van der Waals surface area (Å²) < 4.78 is 0. The molecule has 0 aromatic rings. The summed E-state index contributed by atoms with van der Waals surface area (Å²) in [6.45, 7) is 1.02. The highest BCUT2D eigenvalue weighted by molar-refractivity contribution is 5.83. The Morgan fingerprint density at radius 2 is 1.81 bits per heavy atom. The molecule has 2 aliphatic carbocycles. The average molecular weight is 223 g/mol. The fourth-order valence-electron chi connectivity index (χ4n) is 3.87. The van der Waals surface area contributed by atoms with Crippen molar-refractivity contribution in [1.82, 2.24) is 4.90 Å². The highest BCUT2D eigenvalue weighted by Crippen LogP contribution is 2.56. The molecule has 3 unspecified atom stereocenters. The lowest BCUT2D eigenvalue weighted by molar-refractivity contribution is -0.134. The van der Waals surface area contributed by atoms with Gasteiger partial charge in [-0.05, 0) is 37.5 Å². The smallest absolute Gasteiger partial charge is 0.226 e. The summed E-state index contributed by atoms with van der Waals surface area (Å²) in [7, 11) is 0. The summed E-state index contributed by atoms with van der Waals surface area (Å²) in [6, 6.07) is 0.121. The van der Waals surface area contributed by atoms with Crippen molar-refractivity contribution in [2.75, 3.05) is 13.2 Å². The van der Waals surface area contributed by atoms with Crippen LogP contribution in [0.25, 0.3) is 0 Å². The molecule has 0 aromatic carbocycles. The molecule has 3 heteroatoms. The Labute approximate surface area is 96.8 Å². The van der Waals surface area contributed by atoms with Crippen LogP contribution < -0.4 is 0 Å². The number of hydrogen-bond donors (Lipinski definition) is 1. The van der Waals surface area contributed by atoms with Gasteiger partial charge in [0, 0.05) is 12.5 Å². The van der Waals surface area contributed by atoms with Crippen molar-refractivity contribution in [2.24, 2.45) is 17.8 Å². The lowest BCUT2D eigenvalue weighted by Gasteiger charge is -2.23. The van der Waals surface area contributed by atoms with Gasteiger partial charge in [-0.3, -0.25) is 4.79 Å². The minimum absolute atomic E-state index is 0.121. The van der Waals surface area contributed by atoms with Crippen molar-refractivity contribution in [3.63, 3.8) is 0 Å². The van der Waals surface area contributed by atoms with Crippen LogP contribution in [-0.2, 0) is 4.79 Å². The fraction of sp³-hybridized carbons (Fsp3) is 0.923. The van der Waals surface area contributed by atoms with Gasteiger partial charge in [-0.25, -0.2) is 0 Å². The van der Waals surface area contributed by atoms with Crippen molar-refractivity contribution in [2.45, 2.75) is 44.6 Å². The number of carbonyl (C=O) groups is 1. The molecule has 3 fully saturated rings. The van der Waals surface area contributed by atoms with Gasteiger partial charge in [-0.15, -0.1) is 0 Å². The predicted octanol–water partition coefficient (Wildman–Crippen LogP) is 1.41. The number of fused-ring (bicyclic) bond motifs is 1. The molecule has 0 spiro atoms. The molecule has 1 aliphatic heterocycles. The van der Waals surface area contributed by atoms with E-state index in [1.165, 1.54) is 25.7 Å². The van der Waals surface area contributed by atoms with E-state index in [1.54, 1.807) is 0 Å². The number of hydrogen-bond acceptors (Lipinski definition) is 2. The molecule has 0 radical (unpaired) electrons. The highest BCUT2D eigenvalue weighted by Gasteiger charge is 2.56. The largest absolute Gasteiger partial charge is 0.394 e. The van der Waals surface area contributed by atoms with Gasteiger partial charge in [0.05, 0.1) is 12.6 Å². The van der Waals surface area contributed by atoms with Gasteiger partial charge < -0.3 is 10.0 Å². The molecule has 3 rings (SSSR count). The second kappa shape index (κ2) is 4.02. The molecular formula is C13H21NO2. The zero-order valence-electron chi connectivity index (χ0n) is 9.77. The van der Waals surface area contributed by atoms with Gasteiger partial charge in [0.15, 0.2) is 0 Å². The minimum Gasteiger partial charge on any atom is -0.394 e. The molecule has 0 bridgehead atoms. The highest BCUT2D eigenvalue weighted by atomic mass is 16.3. The molecular weight excluding hydrogens is 202 g/mol. The quantitative estimate of drug-likeness (QED) is 0.769. The third-order valence-corrected chi connectivity index (χ3v) is 4.81.